The molecule has 0 N–H and O–H groups in total. The zero-order chi connectivity index (χ0) is 19.5. The highest BCUT2D eigenvalue weighted by Gasteiger charge is 2.39. The molecule has 0 spiro atoms. The van der Waals surface area contributed by atoms with Gasteiger partial charge in [0.1, 0.15) is 0 Å². The summed E-state index contributed by atoms with van der Waals surface area (Å²) in [6.45, 7) is 0.468. The highest BCUT2D eigenvalue weighted by atomic mass is 35.5. The van der Waals surface area contributed by atoms with Crippen LogP contribution in [0.5, 0.6) is 0 Å². The minimum atomic E-state index is -3.64. The fraction of sp³-hybridized carbons (Fsp3) is 0.238. The van der Waals surface area contributed by atoms with E-state index in [2.05, 4.69) is 6.07 Å². The van der Waals surface area contributed by atoms with Crippen molar-refractivity contribution < 1.29 is 8.42 Å². The van der Waals surface area contributed by atoms with Crippen LogP contribution in [0.1, 0.15) is 22.1 Å². The van der Waals surface area contributed by atoms with Crippen molar-refractivity contribution in [2.24, 2.45) is 0 Å². The molecule has 7 heteroatoms. The lowest BCUT2D eigenvalue weighted by Gasteiger charge is -2.25. The lowest BCUT2D eigenvalue weighted by Crippen LogP contribution is -2.31. The third-order valence-electron chi connectivity index (χ3n) is 5.50. The molecule has 144 valence electrons. The number of benzene rings is 3. The molecule has 3 aromatic carbocycles. The Morgan fingerprint density at radius 3 is 2.71 bits per heavy atom. The summed E-state index contributed by atoms with van der Waals surface area (Å²) >= 11 is 14.0. The predicted octanol–water partition coefficient (Wildman–Crippen LogP) is 5.68. The molecule has 0 amide bonds. The number of sulfonamides is 1. The second-order valence-electron chi connectivity index (χ2n) is 7.06. The van der Waals surface area contributed by atoms with Gasteiger partial charge in [-0.3, -0.25) is 0 Å². The second-order valence-corrected chi connectivity index (χ2v) is 11.0. The van der Waals surface area contributed by atoms with E-state index < -0.39 is 10.0 Å². The van der Waals surface area contributed by atoms with E-state index in [9.17, 15) is 8.42 Å². The van der Waals surface area contributed by atoms with Crippen LogP contribution < -0.4 is 0 Å². The molecule has 0 bridgehead atoms. The average molecular weight is 450 g/mol. The van der Waals surface area contributed by atoms with Gasteiger partial charge < -0.3 is 0 Å². The van der Waals surface area contributed by atoms with E-state index in [4.69, 9.17) is 23.2 Å². The molecule has 0 aromatic heterocycles. The Kier molecular flexibility index (Phi) is 4.64. The topological polar surface area (TPSA) is 37.4 Å². The van der Waals surface area contributed by atoms with Crippen LogP contribution in [-0.2, 0) is 22.9 Å². The Morgan fingerprint density at radius 1 is 1.04 bits per heavy atom. The highest BCUT2D eigenvalue weighted by Crippen LogP contribution is 2.45. The van der Waals surface area contributed by atoms with Crippen molar-refractivity contribution in [1.82, 2.24) is 4.31 Å². The maximum Gasteiger partial charge on any atom is 0.244 e. The van der Waals surface area contributed by atoms with Gasteiger partial charge in [0.15, 0.2) is 0 Å². The Morgan fingerprint density at radius 2 is 1.89 bits per heavy atom. The minimum absolute atomic E-state index is 0.339. The third kappa shape index (κ3) is 2.87. The zero-order valence-electron chi connectivity index (χ0n) is 14.9. The molecule has 0 unspecified atom stereocenters. The first-order valence-corrected chi connectivity index (χ1v) is 12.3. The smallest absolute Gasteiger partial charge is 0.207 e. The summed E-state index contributed by atoms with van der Waals surface area (Å²) in [6, 6.07) is 15.1. The zero-order valence-corrected chi connectivity index (χ0v) is 18.0. The fourth-order valence-corrected chi connectivity index (χ4v) is 8.35. The first kappa shape index (κ1) is 18.8. The summed E-state index contributed by atoms with van der Waals surface area (Å²) in [7, 11) is -3.64. The quantitative estimate of drug-likeness (QED) is 0.515. The average Bonchev–Trinajstić information content (AvgIpc) is 3.31. The summed E-state index contributed by atoms with van der Waals surface area (Å²) in [5.41, 5.74) is 2.97. The molecule has 1 atom stereocenters. The van der Waals surface area contributed by atoms with Gasteiger partial charge >= 0.3 is 0 Å². The second kappa shape index (κ2) is 6.92. The number of thioether (sulfide) groups is 1. The minimum Gasteiger partial charge on any atom is -0.207 e. The Labute approximate surface area is 178 Å². The first-order valence-electron chi connectivity index (χ1n) is 9.09. The molecule has 0 radical (unpaired) electrons. The summed E-state index contributed by atoms with van der Waals surface area (Å²) in [5, 5.41) is 2.92. The molecule has 0 saturated carbocycles. The Bertz CT molecular complexity index is 1210. The summed E-state index contributed by atoms with van der Waals surface area (Å²) in [5.74, 6) is 0.733. The van der Waals surface area contributed by atoms with Gasteiger partial charge in [-0.1, -0.05) is 53.5 Å². The van der Waals surface area contributed by atoms with E-state index in [1.54, 1.807) is 34.3 Å². The predicted molar refractivity (Wildman–Crippen MR) is 117 cm³/mol. The molecule has 1 aliphatic carbocycles. The van der Waals surface area contributed by atoms with Gasteiger partial charge in [0, 0.05) is 22.3 Å². The van der Waals surface area contributed by atoms with Crippen molar-refractivity contribution in [1.29, 1.82) is 0 Å². The molecule has 1 fully saturated rings. The third-order valence-corrected chi connectivity index (χ3v) is 9.39. The molecule has 1 aliphatic heterocycles. The van der Waals surface area contributed by atoms with Crippen molar-refractivity contribution >= 4 is 55.8 Å². The lowest BCUT2D eigenvalue weighted by atomic mass is 10.1. The van der Waals surface area contributed by atoms with Gasteiger partial charge in [0.25, 0.3) is 0 Å². The van der Waals surface area contributed by atoms with Gasteiger partial charge in [0.2, 0.25) is 10.0 Å². The molecule has 3 nitrogen and oxygen atoms in total. The SMILES string of the molecule is O=S(=O)(c1ccc2cccc3c2c1CC3)N1CCS[C@H]1c1ccc(Cl)cc1Cl. The van der Waals surface area contributed by atoms with Crippen LogP contribution in [0.2, 0.25) is 10.0 Å². The maximum atomic E-state index is 13.7. The molecule has 5 rings (SSSR count). The lowest BCUT2D eigenvalue weighted by molar-refractivity contribution is 0.434. The van der Waals surface area contributed by atoms with Crippen LogP contribution in [0.3, 0.4) is 0 Å². The van der Waals surface area contributed by atoms with Crippen molar-refractivity contribution in [3.63, 3.8) is 0 Å². The van der Waals surface area contributed by atoms with Gasteiger partial charge in [-0.2, -0.15) is 4.31 Å². The van der Waals surface area contributed by atoms with Crippen molar-refractivity contribution in [2.75, 3.05) is 12.3 Å². The van der Waals surface area contributed by atoms with Crippen molar-refractivity contribution in [3.8, 4) is 0 Å². The van der Waals surface area contributed by atoms with Gasteiger partial charge in [0.05, 0.1) is 10.3 Å². The molecule has 3 aromatic rings. The number of hydrogen-bond acceptors (Lipinski definition) is 3. The van der Waals surface area contributed by atoms with Crippen LogP contribution in [0.4, 0.5) is 0 Å². The van der Waals surface area contributed by atoms with Crippen LogP contribution in [0, 0.1) is 0 Å². The van der Waals surface area contributed by atoms with Crippen LogP contribution in [0.15, 0.2) is 53.4 Å². The summed E-state index contributed by atoms with van der Waals surface area (Å²) in [4.78, 5) is 0.433. The maximum absolute atomic E-state index is 13.7. The highest BCUT2D eigenvalue weighted by molar-refractivity contribution is 8.01. The van der Waals surface area contributed by atoms with Crippen molar-refractivity contribution in [3.05, 3.63) is 75.3 Å². The number of halogens is 2. The van der Waals surface area contributed by atoms with E-state index in [0.717, 1.165) is 40.5 Å². The molecule has 2 aliphatic rings. The van der Waals surface area contributed by atoms with Crippen LogP contribution in [-0.4, -0.2) is 25.0 Å². The fourth-order valence-electron chi connectivity index (χ4n) is 4.25. The monoisotopic (exact) mass is 449 g/mol. The number of hydrogen-bond donors (Lipinski definition) is 0. The van der Waals surface area contributed by atoms with Crippen molar-refractivity contribution in [2.45, 2.75) is 23.1 Å². The Balaban J connectivity index is 1.62. The molecule has 28 heavy (non-hydrogen) atoms. The molecular formula is C21H17Cl2NO2S2. The first-order chi connectivity index (χ1) is 13.5. The van der Waals surface area contributed by atoms with Gasteiger partial charge in [-0.25, -0.2) is 8.42 Å². The van der Waals surface area contributed by atoms with E-state index in [1.807, 2.05) is 24.3 Å². The standard InChI is InChI=1S/C21H17Cl2NO2S2/c22-15-6-8-16(18(23)12-15)21-24(10-11-27-21)28(25,26)19-9-5-14-3-1-2-13-4-7-17(19)20(13)14/h1-3,5-6,8-9,12,21H,4,7,10-11H2/t21-/m0/s1. The van der Waals surface area contributed by atoms with Crippen LogP contribution in [0.25, 0.3) is 10.8 Å². The van der Waals surface area contributed by atoms with E-state index in [1.165, 1.54) is 5.56 Å². The molecule has 1 saturated heterocycles. The normalized spacial score (nSPS) is 19.6. The van der Waals surface area contributed by atoms with Gasteiger partial charge in [-0.05, 0) is 58.5 Å². The number of nitrogens with zero attached hydrogens (tertiary/aromatic N) is 1. The number of aryl methyl sites for hydroxylation is 2. The Hall–Kier alpha value is -1.24. The van der Waals surface area contributed by atoms with E-state index in [-0.39, 0.29) is 5.37 Å². The van der Waals surface area contributed by atoms with E-state index >= 15 is 0 Å². The summed E-state index contributed by atoms with van der Waals surface area (Å²) < 4.78 is 29.0. The number of rotatable bonds is 3. The van der Waals surface area contributed by atoms with Crippen LogP contribution >= 0.6 is 35.0 Å². The van der Waals surface area contributed by atoms with Gasteiger partial charge in [-0.15, -0.1) is 11.8 Å². The largest absolute Gasteiger partial charge is 0.244 e. The summed E-state index contributed by atoms with van der Waals surface area (Å²) in [6.07, 6.45) is 1.65. The molecular weight excluding hydrogens is 433 g/mol. The van der Waals surface area contributed by atoms with E-state index in [0.29, 0.717) is 21.5 Å². The molecule has 1 heterocycles.